The molecule has 1 aliphatic carbocycles. The van der Waals surface area contributed by atoms with Crippen molar-refractivity contribution in [1.29, 1.82) is 0 Å². The summed E-state index contributed by atoms with van der Waals surface area (Å²) >= 11 is 0. The molecule has 7 heteroatoms. The third-order valence-corrected chi connectivity index (χ3v) is 5.62. The molecule has 1 N–H and O–H groups in total. The fraction of sp³-hybridized carbons (Fsp3) is 0.917. The van der Waals surface area contributed by atoms with Gasteiger partial charge < -0.3 is 4.74 Å². The minimum atomic E-state index is -3.24. The molecule has 19 heavy (non-hydrogen) atoms. The zero-order valence-electron chi connectivity index (χ0n) is 11.5. The van der Waals surface area contributed by atoms with E-state index in [1.165, 1.54) is 0 Å². The summed E-state index contributed by atoms with van der Waals surface area (Å²) in [4.78, 5) is 13.5. The second-order valence-corrected chi connectivity index (χ2v) is 7.26. The average molecular weight is 290 g/mol. The van der Waals surface area contributed by atoms with E-state index in [0.29, 0.717) is 26.1 Å². The molecular formula is C12H22N2O4S. The van der Waals surface area contributed by atoms with Gasteiger partial charge in [0.15, 0.2) is 0 Å². The summed E-state index contributed by atoms with van der Waals surface area (Å²) in [5, 5.41) is -0.412. The summed E-state index contributed by atoms with van der Waals surface area (Å²) in [5.41, 5.74) is 0. The van der Waals surface area contributed by atoms with Gasteiger partial charge in [-0.2, -0.15) is 0 Å². The second-order valence-electron chi connectivity index (χ2n) is 5.27. The summed E-state index contributed by atoms with van der Waals surface area (Å²) in [6.45, 7) is 4.91. The van der Waals surface area contributed by atoms with Crippen molar-refractivity contribution in [3.05, 3.63) is 0 Å². The molecule has 0 amide bonds. The molecule has 110 valence electrons. The van der Waals surface area contributed by atoms with Crippen LogP contribution in [0.1, 0.15) is 33.1 Å². The zero-order valence-corrected chi connectivity index (χ0v) is 12.3. The highest BCUT2D eigenvalue weighted by molar-refractivity contribution is 7.90. The van der Waals surface area contributed by atoms with Crippen molar-refractivity contribution < 1.29 is 17.9 Å². The molecule has 0 radical (unpaired) electrons. The van der Waals surface area contributed by atoms with Crippen molar-refractivity contribution in [2.24, 2.45) is 0 Å². The minimum absolute atomic E-state index is 0.140. The van der Waals surface area contributed by atoms with Crippen LogP contribution >= 0.6 is 0 Å². The summed E-state index contributed by atoms with van der Waals surface area (Å²) < 4.78 is 31.9. The fourth-order valence-electron chi connectivity index (χ4n) is 2.30. The third-order valence-electron chi connectivity index (χ3n) is 3.70. The van der Waals surface area contributed by atoms with Gasteiger partial charge in [-0.15, -0.1) is 0 Å². The van der Waals surface area contributed by atoms with Crippen LogP contribution in [0.2, 0.25) is 0 Å². The Balaban J connectivity index is 1.90. The van der Waals surface area contributed by atoms with Gasteiger partial charge >= 0.3 is 5.97 Å². The number of nitrogens with zero attached hydrogens (tertiary/aromatic N) is 1. The maximum atomic E-state index is 12.1. The zero-order chi connectivity index (χ0) is 14.0. The Hall–Kier alpha value is -0.660. The molecule has 2 atom stereocenters. The molecule has 1 aliphatic heterocycles. The van der Waals surface area contributed by atoms with Crippen LogP contribution < -0.4 is 4.72 Å². The van der Waals surface area contributed by atoms with Crippen molar-refractivity contribution in [2.75, 3.05) is 19.7 Å². The van der Waals surface area contributed by atoms with Crippen molar-refractivity contribution >= 4 is 16.0 Å². The first-order valence-electron chi connectivity index (χ1n) is 6.86. The molecule has 0 aromatic heterocycles. The van der Waals surface area contributed by atoms with Crippen LogP contribution in [0.5, 0.6) is 0 Å². The molecule has 1 heterocycles. The Bertz CT molecular complexity index is 433. The number of carbonyl (C=O) groups excluding carboxylic acids is 1. The van der Waals surface area contributed by atoms with Gasteiger partial charge in [0.05, 0.1) is 11.9 Å². The van der Waals surface area contributed by atoms with E-state index in [1.54, 1.807) is 13.8 Å². The molecule has 0 unspecified atom stereocenters. The van der Waals surface area contributed by atoms with Crippen molar-refractivity contribution in [2.45, 2.75) is 50.4 Å². The smallest absolute Gasteiger partial charge is 0.323 e. The number of nitrogens with one attached hydrogen (secondary N) is 1. The van der Waals surface area contributed by atoms with Gasteiger partial charge in [0.25, 0.3) is 0 Å². The lowest BCUT2D eigenvalue weighted by Gasteiger charge is -2.22. The Labute approximate surface area is 114 Å². The van der Waals surface area contributed by atoms with Crippen molar-refractivity contribution in [1.82, 2.24) is 9.62 Å². The molecule has 2 aliphatic rings. The summed E-state index contributed by atoms with van der Waals surface area (Å²) in [7, 11) is -3.24. The third kappa shape index (κ3) is 3.67. The van der Waals surface area contributed by atoms with Crippen LogP contribution in [0.15, 0.2) is 0 Å². The first-order valence-corrected chi connectivity index (χ1v) is 8.40. The van der Waals surface area contributed by atoms with Gasteiger partial charge in [0.1, 0.15) is 6.04 Å². The van der Waals surface area contributed by atoms with Crippen LogP contribution in [0.25, 0.3) is 0 Å². The van der Waals surface area contributed by atoms with Crippen LogP contribution in [-0.4, -0.2) is 56.3 Å². The Morgan fingerprint density at radius 3 is 2.68 bits per heavy atom. The number of likely N-dealkylation sites (tertiary alicyclic amines) is 1. The van der Waals surface area contributed by atoms with Gasteiger partial charge in [-0.3, -0.25) is 9.69 Å². The summed E-state index contributed by atoms with van der Waals surface area (Å²) in [6, 6.07) is -0.234. The van der Waals surface area contributed by atoms with E-state index in [2.05, 4.69) is 4.72 Å². The maximum Gasteiger partial charge on any atom is 0.323 e. The number of esters is 1. The van der Waals surface area contributed by atoms with E-state index in [-0.39, 0.29) is 18.1 Å². The first kappa shape index (κ1) is 14.7. The van der Waals surface area contributed by atoms with Gasteiger partial charge in [-0.05, 0) is 33.1 Å². The van der Waals surface area contributed by atoms with E-state index >= 15 is 0 Å². The first-order chi connectivity index (χ1) is 8.94. The number of hydrogen-bond acceptors (Lipinski definition) is 5. The Morgan fingerprint density at radius 1 is 1.42 bits per heavy atom. The van der Waals surface area contributed by atoms with E-state index in [0.717, 1.165) is 12.8 Å². The normalized spacial score (nSPS) is 26.3. The number of carbonyl (C=O) groups is 1. The predicted molar refractivity (Wildman–Crippen MR) is 71.2 cm³/mol. The molecule has 2 fully saturated rings. The van der Waals surface area contributed by atoms with Gasteiger partial charge in [0.2, 0.25) is 10.0 Å². The second kappa shape index (κ2) is 5.76. The molecule has 0 aromatic carbocycles. The monoisotopic (exact) mass is 290 g/mol. The van der Waals surface area contributed by atoms with Gasteiger partial charge in [-0.25, -0.2) is 13.1 Å². The van der Waals surface area contributed by atoms with Crippen molar-refractivity contribution in [3.8, 4) is 0 Å². The molecule has 1 saturated heterocycles. The molecule has 1 saturated carbocycles. The van der Waals surface area contributed by atoms with E-state index < -0.39 is 15.3 Å². The van der Waals surface area contributed by atoms with Crippen molar-refractivity contribution in [3.63, 3.8) is 0 Å². The number of rotatable bonds is 6. The lowest BCUT2D eigenvalue weighted by molar-refractivity contribution is -0.148. The Morgan fingerprint density at radius 2 is 2.11 bits per heavy atom. The fourth-order valence-corrected chi connectivity index (χ4v) is 4.00. The molecule has 2 rings (SSSR count). The van der Waals surface area contributed by atoms with Crippen LogP contribution in [-0.2, 0) is 19.6 Å². The average Bonchev–Trinajstić information content (AvgIpc) is 2.99. The summed E-state index contributed by atoms with van der Waals surface area (Å²) in [5.74, 6) is -0.282. The van der Waals surface area contributed by atoms with Gasteiger partial charge in [0, 0.05) is 19.1 Å². The molecule has 0 bridgehead atoms. The molecule has 0 spiro atoms. The highest BCUT2D eigenvalue weighted by atomic mass is 32.2. The number of hydrogen-bond donors (Lipinski definition) is 1. The number of sulfonamides is 1. The largest absolute Gasteiger partial charge is 0.465 e. The van der Waals surface area contributed by atoms with E-state index in [1.807, 2.05) is 4.90 Å². The van der Waals surface area contributed by atoms with E-state index in [9.17, 15) is 13.2 Å². The van der Waals surface area contributed by atoms with Crippen LogP contribution in [0.4, 0.5) is 0 Å². The predicted octanol–water partition coefficient (Wildman–Crippen LogP) is 0.0941. The summed E-state index contributed by atoms with van der Waals surface area (Å²) in [6.07, 6.45) is 2.45. The number of ether oxygens (including phenoxy) is 1. The highest BCUT2D eigenvalue weighted by Crippen LogP contribution is 2.24. The lowest BCUT2D eigenvalue weighted by atomic mass is 10.3. The topological polar surface area (TPSA) is 75.7 Å². The standard InChI is InChI=1S/C12H22N2O4S/c1-3-18-12(15)9(2)14-7-6-11(8-14)19(16,17)13-10-4-5-10/h9-11,13H,3-8H2,1-2H3/t9-,11-/m1/s1. The molecule has 0 aromatic rings. The molecular weight excluding hydrogens is 268 g/mol. The highest BCUT2D eigenvalue weighted by Gasteiger charge is 2.39. The van der Waals surface area contributed by atoms with Crippen LogP contribution in [0.3, 0.4) is 0 Å². The quantitative estimate of drug-likeness (QED) is 0.702. The lowest BCUT2D eigenvalue weighted by Crippen LogP contribution is -2.42. The molecule has 6 nitrogen and oxygen atoms in total. The SMILES string of the molecule is CCOC(=O)[C@@H](C)N1CC[C@@H](S(=O)(=O)NC2CC2)C1. The van der Waals surface area contributed by atoms with Crippen LogP contribution in [0, 0.1) is 0 Å². The minimum Gasteiger partial charge on any atom is -0.465 e. The Kier molecular flexibility index (Phi) is 4.47. The van der Waals surface area contributed by atoms with E-state index in [4.69, 9.17) is 4.74 Å². The maximum absolute atomic E-state index is 12.1. The van der Waals surface area contributed by atoms with Gasteiger partial charge in [-0.1, -0.05) is 0 Å².